The molecular formula is C12H16N2O3. The standard InChI is InChI=1S/C12H16N2O3/c1-13-8-11(15)14-6-5-9-3-2-4-10(7-9)12(16)17/h2-4,7,13H,5-6,8H2,1H3,(H,14,15)(H,16,17). The van der Waals surface area contributed by atoms with Crippen LogP contribution in [0.15, 0.2) is 24.3 Å². The molecular weight excluding hydrogens is 220 g/mol. The molecule has 0 aliphatic rings. The van der Waals surface area contributed by atoms with Gasteiger partial charge in [-0.3, -0.25) is 4.79 Å². The number of nitrogens with one attached hydrogen (secondary N) is 2. The maximum Gasteiger partial charge on any atom is 0.335 e. The molecule has 5 nitrogen and oxygen atoms in total. The molecule has 0 bridgehead atoms. The summed E-state index contributed by atoms with van der Waals surface area (Å²) >= 11 is 0. The van der Waals surface area contributed by atoms with Crippen LogP contribution < -0.4 is 10.6 Å². The lowest BCUT2D eigenvalue weighted by atomic mass is 10.1. The number of hydrogen-bond donors (Lipinski definition) is 3. The summed E-state index contributed by atoms with van der Waals surface area (Å²) in [6.45, 7) is 0.790. The molecule has 3 N–H and O–H groups in total. The second kappa shape index (κ2) is 6.65. The second-order valence-electron chi connectivity index (χ2n) is 3.64. The van der Waals surface area contributed by atoms with Crippen LogP contribution in [0.2, 0.25) is 0 Å². The lowest BCUT2D eigenvalue weighted by Gasteiger charge is -2.05. The zero-order valence-electron chi connectivity index (χ0n) is 9.69. The Bertz CT molecular complexity index is 404. The first-order valence-corrected chi connectivity index (χ1v) is 5.37. The highest BCUT2D eigenvalue weighted by molar-refractivity contribution is 5.87. The number of carboxylic acid groups (broad SMARTS) is 1. The van der Waals surface area contributed by atoms with Gasteiger partial charge in [-0.25, -0.2) is 4.79 Å². The normalized spacial score (nSPS) is 9.94. The monoisotopic (exact) mass is 236 g/mol. The zero-order valence-corrected chi connectivity index (χ0v) is 9.69. The SMILES string of the molecule is CNCC(=O)NCCc1cccc(C(=O)O)c1. The molecule has 0 unspecified atom stereocenters. The van der Waals surface area contributed by atoms with Crippen LogP contribution in [-0.2, 0) is 11.2 Å². The molecule has 0 radical (unpaired) electrons. The predicted molar refractivity (Wildman–Crippen MR) is 64.0 cm³/mol. The van der Waals surface area contributed by atoms with E-state index in [1.54, 1.807) is 25.2 Å². The van der Waals surface area contributed by atoms with E-state index < -0.39 is 5.97 Å². The molecule has 0 fully saturated rings. The van der Waals surface area contributed by atoms with Crippen molar-refractivity contribution in [2.24, 2.45) is 0 Å². The van der Waals surface area contributed by atoms with E-state index in [0.717, 1.165) is 5.56 Å². The van der Waals surface area contributed by atoms with Crippen LogP contribution in [0.4, 0.5) is 0 Å². The lowest BCUT2D eigenvalue weighted by Crippen LogP contribution is -2.33. The Morgan fingerprint density at radius 1 is 1.35 bits per heavy atom. The number of amides is 1. The molecule has 0 spiro atoms. The first-order chi connectivity index (χ1) is 8.13. The maximum atomic E-state index is 11.1. The molecule has 5 heteroatoms. The van der Waals surface area contributed by atoms with Crippen molar-refractivity contribution in [3.63, 3.8) is 0 Å². The van der Waals surface area contributed by atoms with Crippen molar-refractivity contribution < 1.29 is 14.7 Å². The van der Waals surface area contributed by atoms with Gasteiger partial charge in [-0.05, 0) is 31.2 Å². The molecule has 0 saturated heterocycles. The van der Waals surface area contributed by atoms with Gasteiger partial charge in [0.05, 0.1) is 12.1 Å². The van der Waals surface area contributed by atoms with Crippen LogP contribution in [0.3, 0.4) is 0 Å². The van der Waals surface area contributed by atoms with Gasteiger partial charge < -0.3 is 15.7 Å². The third kappa shape index (κ3) is 4.65. The Morgan fingerprint density at radius 2 is 2.12 bits per heavy atom. The third-order valence-electron chi connectivity index (χ3n) is 2.25. The van der Waals surface area contributed by atoms with Gasteiger partial charge in [-0.1, -0.05) is 12.1 Å². The van der Waals surface area contributed by atoms with Crippen molar-refractivity contribution in [2.45, 2.75) is 6.42 Å². The summed E-state index contributed by atoms with van der Waals surface area (Å²) in [5.41, 5.74) is 1.17. The van der Waals surface area contributed by atoms with Crippen molar-refractivity contribution in [1.29, 1.82) is 0 Å². The molecule has 1 aromatic carbocycles. The number of rotatable bonds is 6. The molecule has 0 aromatic heterocycles. The first-order valence-electron chi connectivity index (χ1n) is 5.37. The zero-order chi connectivity index (χ0) is 12.7. The lowest BCUT2D eigenvalue weighted by molar-refractivity contribution is -0.120. The number of benzene rings is 1. The van der Waals surface area contributed by atoms with Crippen molar-refractivity contribution in [1.82, 2.24) is 10.6 Å². The van der Waals surface area contributed by atoms with Crippen LogP contribution in [0.5, 0.6) is 0 Å². The molecule has 17 heavy (non-hydrogen) atoms. The fourth-order valence-corrected chi connectivity index (χ4v) is 1.43. The van der Waals surface area contributed by atoms with E-state index in [0.29, 0.717) is 13.0 Å². The van der Waals surface area contributed by atoms with E-state index >= 15 is 0 Å². The van der Waals surface area contributed by atoms with Gasteiger partial charge in [0.1, 0.15) is 0 Å². The average Bonchev–Trinajstić information content (AvgIpc) is 2.30. The van der Waals surface area contributed by atoms with E-state index in [1.165, 1.54) is 0 Å². The molecule has 0 aliphatic carbocycles. The maximum absolute atomic E-state index is 11.1. The number of carboxylic acids is 1. The minimum absolute atomic E-state index is 0.0677. The van der Waals surface area contributed by atoms with Gasteiger partial charge in [-0.2, -0.15) is 0 Å². The number of carbonyl (C=O) groups is 2. The quantitative estimate of drug-likeness (QED) is 0.662. The number of likely N-dealkylation sites (N-methyl/N-ethyl adjacent to an activating group) is 1. The van der Waals surface area contributed by atoms with Crippen LogP contribution in [0.25, 0.3) is 0 Å². The molecule has 0 saturated carbocycles. The van der Waals surface area contributed by atoms with Gasteiger partial charge in [0.25, 0.3) is 0 Å². The van der Waals surface area contributed by atoms with E-state index in [9.17, 15) is 9.59 Å². The number of carbonyl (C=O) groups excluding carboxylic acids is 1. The van der Waals surface area contributed by atoms with Crippen LogP contribution in [0.1, 0.15) is 15.9 Å². The van der Waals surface area contributed by atoms with E-state index in [2.05, 4.69) is 10.6 Å². The minimum Gasteiger partial charge on any atom is -0.478 e. The van der Waals surface area contributed by atoms with Crippen LogP contribution in [-0.4, -0.2) is 37.1 Å². The van der Waals surface area contributed by atoms with Crippen LogP contribution in [0, 0.1) is 0 Å². The molecule has 0 atom stereocenters. The fraction of sp³-hybridized carbons (Fsp3) is 0.333. The smallest absolute Gasteiger partial charge is 0.335 e. The van der Waals surface area contributed by atoms with Gasteiger partial charge in [0.2, 0.25) is 5.91 Å². The summed E-state index contributed by atoms with van der Waals surface area (Å²) in [6, 6.07) is 6.71. The third-order valence-corrected chi connectivity index (χ3v) is 2.25. The molecule has 0 heterocycles. The van der Waals surface area contributed by atoms with Crippen molar-refractivity contribution >= 4 is 11.9 Å². The molecule has 1 rings (SSSR count). The Labute approximate surface area is 99.8 Å². The number of aromatic carboxylic acids is 1. The van der Waals surface area contributed by atoms with Gasteiger partial charge in [0, 0.05) is 6.54 Å². The van der Waals surface area contributed by atoms with E-state index in [4.69, 9.17) is 5.11 Å². The Kier molecular flexibility index (Phi) is 5.16. The van der Waals surface area contributed by atoms with Crippen molar-refractivity contribution in [3.05, 3.63) is 35.4 Å². The molecule has 0 aliphatic heterocycles. The summed E-state index contributed by atoms with van der Waals surface area (Å²) in [5, 5.41) is 14.3. The fourth-order valence-electron chi connectivity index (χ4n) is 1.43. The Morgan fingerprint density at radius 3 is 2.76 bits per heavy atom. The van der Waals surface area contributed by atoms with Gasteiger partial charge >= 0.3 is 5.97 Å². The first kappa shape index (κ1) is 13.2. The summed E-state index contributed by atoms with van der Waals surface area (Å²) < 4.78 is 0. The summed E-state index contributed by atoms with van der Waals surface area (Å²) in [5.74, 6) is -1.01. The Hall–Kier alpha value is -1.88. The van der Waals surface area contributed by atoms with Crippen molar-refractivity contribution in [2.75, 3.05) is 20.1 Å². The van der Waals surface area contributed by atoms with E-state index in [1.807, 2.05) is 6.07 Å². The Balaban J connectivity index is 2.44. The topological polar surface area (TPSA) is 78.4 Å². The summed E-state index contributed by atoms with van der Waals surface area (Å²) in [7, 11) is 1.70. The molecule has 1 amide bonds. The number of hydrogen-bond acceptors (Lipinski definition) is 3. The highest BCUT2D eigenvalue weighted by Gasteiger charge is 2.03. The highest BCUT2D eigenvalue weighted by atomic mass is 16.4. The predicted octanol–water partition coefficient (Wildman–Crippen LogP) is 0.263. The van der Waals surface area contributed by atoms with Gasteiger partial charge in [0.15, 0.2) is 0 Å². The highest BCUT2D eigenvalue weighted by Crippen LogP contribution is 2.05. The minimum atomic E-state index is -0.939. The summed E-state index contributed by atoms with van der Waals surface area (Å²) in [4.78, 5) is 21.9. The second-order valence-corrected chi connectivity index (χ2v) is 3.64. The van der Waals surface area contributed by atoms with E-state index in [-0.39, 0.29) is 18.0 Å². The van der Waals surface area contributed by atoms with Gasteiger partial charge in [-0.15, -0.1) is 0 Å². The largest absolute Gasteiger partial charge is 0.478 e. The molecule has 1 aromatic rings. The summed E-state index contributed by atoms with van der Waals surface area (Å²) in [6.07, 6.45) is 0.622. The van der Waals surface area contributed by atoms with Crippen LogP contribution >= 0.6 is 0 Å². The van der Waals surface area contributed by atoms with Crippen molar-refractivity contribution in [3.8, 4) is 0 Å². The molecule has 92 valence electrons. The average molecular weight is 236 g/mol.